The van der Waals surface area contributed by atoms with E-state index in [9.17, 15) is 22.8 Å². The highest BCUT2D eigenvalue weighted by Crippen LogP contribution is 2.42. The molecule has 1 saturated carbocycles. The second kappa shape index (κ2) is 10.5. The molecule has 3 rings (SSSR count). The summed E-state index contributed by atoms with van der Waals surface area (Å²) >= 11 is 0. The molecule has 4 atom stereocenters. The third-order valence-corrected chi connectivity index (χ3v) is 6.87. The molecule has 0 aromatic heterocycles. The van der Waals surface area contributed by atoms with Crippen molar-refractivity contribution in [2.45, 2.75) is 84.2 Å². The van der Waals surface area contributed by atoms with E-state index in [4.69, 9.17) is 5.73 Å². The monoisotopic (exact) mass is 496 g/mol. The zero-order chi connectivity index (χ0) is 26.1. The number of nitrogens with zero attached hydrogens (tertiary/aromatic N) is 2. The summed E-state index contributed by atoms with van der Waals surface area (Å²) in [6.45, 7) is 11.3. The number of urea groups is 1. The van der Waals surface area contributed by atoms with E-state index in [1.165, 1.54) is 17.0 Å². The minimum atomic E-state index is -4.38. The summed E-state index contributed by atoms with van der Waals surface area (Å²) in [5, 5.41) is 2.93. The molecular formula is C26H39F3N4O2. The van der Waals surface area contributed by atoms with Gasteiger partial charge in [-0.2, -0.15) is 13.2 Å². The molecule has 3 amide bonds. The minimum Gasteiger partial charge on any atom is -0.333 e. The van der Waals surface area contributed by atoms with Crippen molar-refractivity contribution in [2.75, 3.05) is 13.1 Å². The Kier molecular flexibility index (Phi) is 8.21. The van der Waals surface area contributed by atoms with Crippen LogP contribution in [0.2, 0.25) is 0 Å². The fourth-order valence-electron chi connectivity index (χ4n) is 5.47. The maximum absolute atomic E-state index is 13.4. The Labute approximate surface area is 206 Å². The SMILES string of the molecule is CC(C)C[C@H](N)C(=O)N(C(=O)NC(C)(C)C)[C@@H]1CC[C@H]2CN(Cc3cccc(C(F)(F)F)c3)C[C@H]21. The van der Waals surface area contributed by atoms with Crippen LogP contribution in [0.1, 0.15) is 65.0 Å². The predicted octanol–water partition coefficient (Wildman–Crippen LogP) is 4.63. The average Bonchev–Trinajstić information content (AvgIpc) is 3.27. The van der Waals surface area contributed by atoms with E-state index in [0.717, 1.165) is 19.0 Å². The molecule has 1 heterocycles. The highest BCUT2D eigenvalue weighted by molar-refractivity contribution is 5.97. The first-order valence-electron chi connectivity index (χ1n) is 12.4. The third kappa shape index (κ3) is 6.97. The molecule has 1 aliphatic heterocycles. The maximum Gasteiger partial charge on any atom is 0.416 e. The lowest BCUT2D eigenvalue weighted by Gasteiger charge is -2.35. The molecule has 2 aliphatic rings. The van der Waals surface area contributed by atoms with Crippen LogP contribution in [0.25, 0.3) is 0 Å². The van der Waals surface area contributed by atoms with Gasteiger partial charge in [-0.3, -0.25) is 14.6 Å². The van der Waals surface area contributed by atoms with Crippen molar-refractivity contribution in [2.24, 2.45) is 23.5 Å². The van der Waals surface area contributed by atoms with E-state index in [1.54, 1.807) is 6.07 Å². The molecule has 2 fully saturated rings. The number of alkyl halides is 3. The molecule has 9 heteroatoms. The van der Waals surface area contributed by atoms with Crippen LogP contribution in [0.3, 0.4) is 0 Å². The van der Waals surface area contributed by atoms with Crippen LogP contribution >= 0.6 is 0 Å². The summed E-state index contributed by atoms with van der Waals surface area (Å²) in [6, 6.07) is 3.95. The van der Waals surface area contributed by atoms with Gasteiger partial charge < -0.3 is 11.1 Å². The van der Waals surface area contributed by atoms with Crippen molar-refractivity contribution in [1.29, 1.82) is 0 Å². The fourth-order valence-corrected chi connectivity index (χ4v) is 5.47. The normalized spacial score (nSPS) is 23.9. The van der Waals surface area contributed by atoms with Gasteiger partial charge in [-0.05, 0) is 69.4 Å². The van der Waals surface area contributed by atoms with Crippen molar-refractivity contribution in [3.8, 4) is 0 Å². The number of carbonyl (C=O) groups excluding carboxylic acids is 2. The Morgan fingerprint density at radius 1 is 1.17 bits per heavy atom. The van der Waals surface area contributed by atoms with E-state index < -0.39 is 29.4 Å². The summed E-state index contributed by atoms with van der Waals surface area (Å²) in [5.74, 6) is 0.209. The molecular weight excluding hydrogens is 457 g/mol. The largest absolute Gasteiger partial charge is 0.416 e. The Balaban J connectivity index is 1.77. The van der Waals surface area contributed by atoms with Gasteiger partial charge in [0.05, 0.1) is 11.6 Å². The van der Waals surface area contributed by atoms with Crippen LogP contribution < -0.4 is 11.1 Å². The zero-order valence-electron chi connectivity index (χ0n) is 21.4. The maximum atomic E-state index is 13.4. The van der Waals surface area contributed by atoms with Gasteiger partial charge in [-0.15, -0.1) is 0 Å². The van der Waals surface area contributed by atoms with Crippen molar-refractivity contribution < 1.29 is 22.8 Å². The lowest BCUT2D eigenvalue weighted by atomic mass is 9.95. The van der Waals surface area contributed by atoms with E-state index in [0.29, 0.717) is 31.5 Å². The van der Waals surface area contributed by atoms with Gasteiger partial charge in [0.2, 0.25) is 5.91 Å². The van der Waals surface area contributed by atoms with E-state index in [2.05, 4.69) is 10.2 Å². The number of hydrogen-bond donors (Lipinski definition) is 2. The number of carbonyl (C=O) groups is 2. The molecule has 0 radical (unpaired) electrons. The summed E-state index contributed by atoms with van der Waals surface area (Å²) in [6.07, 6.45) is -2.32. The first-order valence-corrected chi connectivity index (χ1v) is 12.4. The van der Waals surface area contributed by atoms with Gasteiger partial charge in [0.1, 0.15) is 0 Å². The minimum absolute atomic E-state index is 0.0710. The van der Waals surface area contributed by atoms with Crippen molar-refractivity contribution in [3.63, 3.8) is 0 Å². The quantitative estimate of drug-likeness (QED) is 0.602. The Morgan fingerprint density at radius 3 is 2.46 bits per heavy atom. The molecule has 0 spiro atoms. The van der Waals surface area contributed by atoms with Crippen molar-refractivity contribution >= 4 is 11.9 Å². The molecule has 1 aliphatic carbocycles. The van der Waals surface area contributed by atoms with E-state index in [1.807, 2.05) is 34.6 Å². The summed E-state index contributed by atoms with van der Waals surface area (Å²) in [4.78, 5) is 30.2. The lowest BCUT2D eigenvalue weighted by Crippen LogP contribution is -2.59. The Bertz CT molecular complexity index is 913. The van der Waals surface area contributed by atoms with Crippen LogP contribution in [0.15, 0.2) is 24.3 Å². The van der Waals surface area contributed by atoms with E-state index >= 15 is 0 Å². The van der Waals surface area contributed by atoms with Crippen LogP contribution in [0.5, 0.6) is 0 Å². The summed E-state index contributed by atoms with van der Waals surface area (Å²) in [5.41, 5.74) is 5.67. The van der Waals surface area contributed by atoms with Gasteiger partial charge >= 0.3 is 12.2 Å². The topological polar surface area (TPSA) is 78.7 Å². The first-order chi connectivity index (χ1) is 16.2. The number of likely N-dealkylation sites (tertiary alicyclic amines) is 1. The number of nitrogens with two attached hydrogens (primary N) is 1. The van der Waals surface area contributed by atoms with E-state index in [-0.39, 0.29) is 29.7 Å². The summed E-state index contributed by atoms with van der Waals surface area (Å²) < 4.78 is 39.4. The number of hydrogen-bond acceptors (Lipinski definition) is 4. The van der Waals surface area contributed by atoms with Crippen molar-refractivity contribution in [1.82, 2.24) is 15.1 Å². The highest BCUT2D eigenvalue weighted by Gasteiger charge is 2.48. The predicted molar refractivity (Wildman–Crippen MR) is 129 cm³/mol. The number of halogens is 3. The lowest BCUT2D eigenvalue weighted by molar-refractivity contribution is -0.137. The van der Waals surface area contributed by atoms with Crippen molar-refractivity contribution in [3.05, 3.63) is 35.4 Å². The second-order valence-electron chi connectivity index (χ2n) is 11.6. The average molecular weight is 497 g/mol. The Morgan fingerprint density at radius 2 is 1.86 bits per heavy atom. The molecule has 35 heavy (non-hydrogen) atoms. The van der Waals surface area contributed by atoms with Gasteiger partial charge in [-0.25, -0.2) is 4.79 Å². The number of rotatable bonds is 6. The number of fused-ring (bicyclic) bond motifs is 1. The van der Waals surface area contributed by atoms with Gasteiger partial charge in [-0.1, -0.05) is 32.0 Å². The third-order valence-electron chi connectivity index (χ3n) is 6.87. The molecule has 196 valence electrons. The number of benzene rings is 1. The van der Waals surface area contributed by atoms with Crippen LogP contribution in [0, 0.1) is 17.8 Å². The smallest absolute Gasteiger partial charge is 0.333 e. The van der Waals surface area contributed by atoms with Crippen LogP contribution in [-0.2, 0) is 17.5 Å². The molecule has 1 aromatic rings. The molecule has 1 aromatic carbocycles. The van der Waals surface area contributed by atoms with Crippen LogP contribution in [0.4, 0.5) is 18.0 Å². The number of imide groups is 1. The molecule has 1 saturated heterocycles. The number of amides is 3. The second-order valence-corrected chi connectivity index (χ2v) is 11.6. The molecule has 3 N–H and O–H groups in total. The first kappa shape index (κ1) is 27.5. The fraction of sp³-hybridized carbons (Fsp3) is 0.692. The zero-order valence-corrected chi connectivity index (χ0v) is 21.4. The Hall–Kier alpha value is -2.13. The molecule has 0 bridgehead atoms. The summed E-state index contributed by atoms with van der Waals surface area (Å²) in [7, 11) is 0. The van der Waals surface area contributed by atoms with Gasteiger partial charge in [0, 0.05) is 31.2 Å². The van der Waals surface area contributed by atoms with Crippen LogP contribution in [-0.4, -0.2) is 52.5 Å². The molecule has 0 unspecified atom stereocenters. The highest BCUT2D eigenvalue weighted by atomic mass is 19.4. The van der Waals surface area contributed by atoms with Gasteiger partial charge in [0.15, 0.2) is 0 Å². The molecule has 6 nitrogen and oxygen atoms in total. The number of nitrogens with one attached hydrogen (secondary N) is 1. The van der Waals surface area contributed by atoms with Gasteiger partial charge in [0.25, 0.3) is 0 Å². The standard InChI is InChI=1S/C26H39F3N4O2/c1-16(2)11-21(30)23(34)33(24(35)31-25(3,4)5)22-10-9-18-14-32(15-20(18)22)13-17-7-6-8-19(12-17)26(27,28)29/h6-8,12,16,18,20-22H,9-11,13-15,30H2,1-5H3,(H,31,35)/t18-,20+,21-,22+/m0/s1.